The van der Waals surface area contributed by atoms with Crippen molar-refractivity contribution in [3.8, 4) is 0 Å². The molecule has 21 heteroatoms. The molecule has 0 aromatic carbocycles. The number of carbonyl (C=O) groups excluding carboxylic acids is 6. The van der Waals surface area contributed by atoms with Gasteiger partial charge in [0, 0.05) is 13.1 Å². The molecule has 0 unspecified atom stereocenters. The molecule has 0 aromatic rings. The number of rotatable bonds is 22. The number of aliphatic hydroxyl groups is 2. The second kappa shape index (κ2) is 22.5. The topological polar surface area (TPSA) is 334 Å². The van der Waals surface area contributed by atoms with Gasteiger partial charge in [-0.1, -0.05) is 13.8 Å². The first kappa shape index (κ1) is 43.8. The van der Waals surface area contributed by atoms with Crippen LogP contribution in [0.15, 0.2) is 4.99 Å². The largest absolute Gasteiger partial charge is 0.480 e. The molecule has 14 N–H and O–H groups in total. The minimum Gasteiger partial charge on any atom is -0.480 e. The number of hydrogen-bond acceptors (Lipinski definition) is 12. The molecule has 1 aliphatic rings. The molecule has 1 fully saturated rings. The molecule has 0 saturated carbocycles. The fourth-order valence-electron chi connectivity index (χ4n) is 4.89. The van der Waals surface area contributed by atoms with E-state index in [1.807, 2.05) is 6.26 Å². The van der Waals surface area contributed by atoms with Crippen LogP contribution >= 0.6 is 11.8 Å². The maximum Gasteiger partial charge on any atom is 0.326 e. The summed E-state index contributed by atoms with van der Waals surface area (Å²) in [5.74, 6) is -5.93. The van der Waals surface area contributed by atoms with Crippen molar-refractivity contribution >= 4 is 59.1 Å². The lowest BCUT2D eigenvalue weighted by molar-refractivity contribution is -0.143. The van der Waals surface area contributed by atoms with Crippen LogP contribution in [0.25, 0.3) is 0 Å². The smallest absolute Gasteiger partial charge is 0.326 e. The Hall–Kier alpha value is -4.21. The predicted molar refractivity (Wildman–Crippen MR) is 183 cm³/mol. The van der Waals surface area contributed by atoms with Gasteiger partial charge in [0.05, 0.1) is 19.8 Å². The van der Waals surface area contributed by atoms with Gasteiger partial charge >= 0.3 is 5.97 Å². The van der Waals surface area contributed by atoms with Gasteiger partial charge in [-0.3, -0.25) is 33.8 Å². The number of nitrogens with one attached hydrogen (secondary N) is 5. The summed E-state index contributed by atoms with van der Waals surface area (Å²) in [5, 5.41) is 40.2. The molecule has 1 aliphatic heterocycles. The van der Waals surface area contributed by atoms with Crippen LogP contribution < -0.4 is 43.8 Å². The average molecular weight is 733 g/mol. The highest BCUT2D eigenvalue weighted by Crippen LogP contribution is 2.20. The zero-order valence-electron chi connectivity index (χ0n) is 28.6. The number of thioether (sulfide) groups is 1. The van der Waals surface area contributed by atoms with E-state index in [1.165, 1.54) is 16.7 Å². The van der Waals surface area contributed by atoms with E-state index in [4.69, 9.17) is 17.2 Å². The first-order valence-corrected chi connectivity index (χ1v) is 17.5. The lowest BCUT2D eigenvalue weighted by Crippen LogP contribution is -2.58. The molecule has 1 rings (SSSR count). The number of carboxylic acids is 1. The normalized spacial score (nSPS) is 17.0. The van der Waals surface area contributed by atoms with Crippen molar-refractivity contribution in [2.45, 2.75) is 82.2 Å². The number of likely N-dealkylation sites (tertiary alicyclic amines) is 1. The molecule has 20 nitrogen and oxygen atoms in total. The second-order valence-corrected chi connectivity index (χ2v) is 12.9. The van der Waals surface area contributed by atoms with E-state index in [0.29, 0.717) is 12.2 Å². The number of guanidine groups is 1. The molecule has 0 aromatic heterocycles. The average Bonchev–Trinajstić information content (AvgIpc) is 3.57. The van der Waals surface area contributed by atoms with E-state index in [0.717, 1.165) is 0 Å². The minimum absolute atomic E-state index is 0.0728. The highest BCUT2D eigenvalue weighted by Gasteiger charge is 2.38. The molecule has 6 atom stereocenters. The predicted octanol–water partition coefficient (Wildman–Crippen LogP) is -5.11. The van der Waals surface area contributed by atoms with Crippen molar-refractivity contribution in [1.29, 1.82) is 0 Å². The highest BCUT2D eigenvalue weighted by molar-refractivity contribution is 7.98. The van der Waals surface area contributed by atoms with Crippen molar-refractivity contribution < 1.29 is 48.9 Å². The first-order chi connectivity index (χ1) is 23.6. The SMILES string of the molecule is CSCC[C@H](NC(=O)[C@H](CCCN=C(N)N)NC(=O)[C@@H](N)CO)C(=O)N1CCC[C@H]1C(=O)NCC(=O)N[C@@H](CO)C(=O)N[C@H](C(=O)O)C(C)C. The van der Waals surface area contributed by atoms with E-state index in [-0.39, 0.29) is 44.7 Å². The zero-order chi connectivity index (χ0) is 38.0. The summed E-state index contributed by atoms with van der Waals surface area (Å²) < 4.78 is 0. The summed E-state index contributed by atoms with van der Waals surface area (Å²) in [6.45, 7) is 1.38. The molecular weight excluding hydrogens is 680 g/mol. The van der Waals surface area contributed by atoms with Gasteiger partial charge in [0.2, 0.25) is 35.4 Å². The number of amides is 6. The van der Waals surface area contributed by atoms with Crippen LogP contribution in [0.2, 0.25) is 0 Å². The number of carboxylic acid groups (broad SMARTS) is 1. The molecule has 0 aliphatic carbocycles. The Morgan fingerprint density at radius 2 is 1.54 bits per heavy atom. The number of aliphatic imine (C=N–C) groups is 1. The third kappa shape index (κ3) is 14.7. The van der Waals surface area contributed by atoms with Gasteiger partial charge in [0.15, 0.2) is 5.96 Å². The summed E-state index contributed by atoms with van der Waals surface area (Å²) in [5.41, 5.74) is 16.3. The van der Waals surface area contributed by atoms with E-state index < -0.39 is 103 Å². The van der Waals surface area contributed by atoms with Crippen molar-refractivity contribution in [1.82, 2.24) is 31.5 Å². The van der Waals surface area contributed by atoms with E-state index in [2.05, 4.69) is 31.6 Å². The Labute approximate surface area is 294 Å². The van der Waals surface area contributed by atoms with Crippen molar-refractivity contribution in [2.75, 3.05) is 44.9 Å². The number of nitrogens with zero attached hydrogens (tertiary/aromatic N) is 2. The summed E-state index contributed by atoms with van der Waals surface area (Å²) in [6, 6.07) is -7.25. The van der Waals surface area contributed by atoms with E-state index in [9.17, 15) is 48.9 Å². The lowest BCUT2D eigenvalue weighted by Gasteiger charge is -2.30. The van der Waals surface area contributed by atoms with Crippen LogP contribution in [0.4, 0.5) is 0 Å². The molecular formula is C29H52N10O10S. The van der Waals surface area contributed by atoms with Crippen molar-refractivity contribution in [3.63, 3.8) is 0 Å². The number of carbonyl (C=O) groups is 7. The van der Waals surface area contributed by atoms with Crippen LogP contribution in [0.3, 0.4) is 0 Å². The molecule has 0 spiro atoms. The fraction of sp³-hybridized carbons (Fsp3) is 0.724. The first-order valence-electron chi connectivity index (χ1n) is 16.1. The monoisotopic (exact) mass is 732 g/mol. The Kier molecular flexibility index (Phi) is 19.7. The van der Waals surface area contributed by atoms with Gasteiger partial charge in [-0.05, 0) is 50.0 Å². The fourth-order valence-corrected chi connectivity index (χ4v) is 5.37. The van der Waals surface area contributed by atoms with E-state index >= 15 is 0 Å². The Morgan fingerprint density at radius 3 is 2.10 bits per heavy atom. The molecule has 0 radical (unpaired) electrons. The second-order valence-electron chi connectivity index (χ2n) is 11.9. The number of aliphatic hydroxyl groups excluding tert-OH is 2. The third-order valence-electron chi connectivity index (χ3n) is 7.66. The number of hydrogen-bond donors (Lipinski definition) is 11. The molecule has 1 saturated heterocycles. The van der Waals surface area contributed by atoms with Crippen LogP contribution in [-0.2, 0) is 33.6 Å². The highest BCUT2D eigenvalue weighted by atomic mass is 32.2. The standard InChI is InChI=1S/C29H52N10O10S/c1-15(2)22(28(48)49)38-25(45)19(14-41)35-21(42)12-34-26(46)20-7-5-10-39(20)27(47)18(8-11-50-3)37-24(44)17(6-4-9-33-29(31)32)36-23(43)16(30)13-40/h15-20,22,40-41H,4-14,30H2,1-3H3,(H,34,46)(H,35,42)(H,36,43)(H,37,44)(H,38,45)(H,48,49)(H4,31,32,33)/t16-,17-,18-,19-,20-,22-/m0/s1. The maximum atomic E-state index is 13.8. The summed E-state index contributed by atoms with van der Waals surface area (Å²) in [7, 11) is 0. The molecule has 6 amide bonds. The lowest BCUT2D eigenvalue weighted by atomic mass is 10.0. The van der Waals surface area contributed by atoms with Crippen LogP contribution in [0, 0.1) is 5.92 Å². The molecule has 50 heavy (non-hydrogen) atoms. The Morgan fingerprint density at radius 1 is 0.900 bits per heavy atom. The number of aliphatic carboxylic acids is 1. The van der Waals surface area contributed by atoms with Gasteiger partial charge in [-0.15, -0.1) is 0 Å². The van der Waals surface area contributed by atoms with Gasteiger partial charge in [-0.2, -0.15) is 11.8 Å². The van der Waals surface area contributed by atoms with Crippen molar-refractivity contribution in [3.05, 3.63) is 0 Å². The molecule has 1 heterocycles. The Balaban J connectivity index is 2.98. The number of nitrogens with two attached hydrogens (primary N) is 3. The van der Waals surface area contributed by atoms with Crippen LogP contribution in [-0.4, -0.2) is 149 Å². The molecule has 284 valence electrons. The van der Waals surface area contributed by atoms with Crippen LogP contribution in [0.5, 0.6) is 0 Å². The van der Waals surface area contributed by atoms with Gasteiger partial charge < -0.3 is 64.0 Å². The van der Waals surface area contributed by atoms with Crippen LogP contribution in [0.1, 0.15) is 46.0 Å². The summed E-state index contributed by atoms with van der Waals surface area (Å²) >= 11 is 1.42. The van der Waals surface area contributed by atoms with Gasteiger partial charge in [0.1, 0.15) is 36.3 Å². The quantitative estimate of drug-likeness (QED) is 0.0282. The maximum absolute atomic E-state index is 13.8. The van der Waals surface area contributed by atoms with Crippen molar-refractivity contribution in [2.24, 2.45) is 28.1 Å². The van der Waals surface area contributed by atoms with Gasteiger partial charge in [0.25, 0.3) is 0 Å². The third-order valence-corrected chi connectivity index (χ3v) is 8.31. The zero-order valence-corrected chi connectivity index (χ0v) is 29.4. The Bertz CT molecular complexity index is 1220. The summed E-state index contributed by atoms with van der Waals surface area (Å²) in [6.07, 6.45) is 3.06. The minimum atomic E-state index is -1.48. The molecule has 0 bridgehead atoms. The van der Waals surface area contributed by atoms with E-state index in [1.54, 1.807) is 13.8 Å². The van der Waals surface area contributed by atoms with Gasteiger partial charge in [-0.25, -0.2) is 4.79 Å². The summed E-state index contributed by atoms with van der Waals surface area (Å²) in [4.78, 5) is 94.3.